The molecule has 2 aromatic carbocycles. The third kappa shape index (κ3) is 2.41. The summed E-state index contributed by atoms with van der Waals surface area (Å²) >= 11 is 0. The van der Waals surface area contributed by atoms with E-state index in [0.717, 1.165) is 5.56 Å². The lowest BCUT2D eigenvalue weighted by molar-refractivity contribution is 0.242. The molecule has 0 spiro atoms. The number of aliphatic hydroxyl groups is 1. The van der Waals surface area contributed by atoms with Crippen LogP contribution >= 0.6 is 0 Å². The zero-order chi connectivity index (χ0) is 17.5. The Balaban J connectivity index is 2.06. The van der Waals surface area contributed by atoms with Gasteiger partial charge in [-0.1, -0.05) is 29.8 Å². The van der Waals surface area contributed by atoms with E-state index < -0.39 is 38.8 Å². The summed E-state index contributed by atoms with van der Waals surface area (Å²) in [7, 11) is -3.80. The first-order valence-corrected chi connectivity index (χ1v) is 8.99. The topological polar surface area (TPSA) is 78.2 Å². The maximum absolute atomic E-state index is 13.1. The van der Waals surface area contributed by atoms with Crippen LogP contribution in [0.4, 0.5) is 4.39 Å². The molecule has 0 radical (unpaired) electrons. The lowest BCUT2D eigenvalue weighted by atomic mass is 10.0. The minimum absolute atomic E-state index is 0.121. The molecule has 4 nitrogen and oxygen atoms in total. The van der Waals surface area contributed by atoms with Gasteiger partial charge in [0.15, 0.2) is 9.84 Å². The van der Waals surface area contributed by atoms with Gasteiger partial charge in [-0.3, -0.25) is 0 Å². The van der Waals surface area contributed by atoms with Gasteiger partial charge in [-0.15, -0.1) is 0 Å². The Morgan fingerprint density at radius 2 is 1.75 bits per heavy atom. The Morgan fingerprint density at radius 3 is 2.25 bits per heavy atom. The molecule has 1 N–H and O–H groups in total. The second-order valence-electron chi connectivity index (χ2n) is 6.12. The van der Waals surface area contributed by atoms with Crippen molar-refractivity contribution in [3.8, 4) is 6.07 Å². The molecule has 0 aliphatic heterocycles. The molecule has 124 valence electrons. The average Bonchev–Trinajstić information content (AvgIpc) is 3.26. The van der Waals surface area contributed by atoms with Gasteiger partial charge in [-0.25, -0.2) is 12.8 Å². The normalized spacial score (nSPS) is 25.9. The van der Waals surface area contributed by atoms with Gasteiger partial charge in [0.1, 0.15) is 11.2 Å². The molecule has 0 aromatic heterocycles. The van der Waals surface area contributed by atoms with Crippen molar-refractivity contribution >= 4 is 9.84 Å². The number of halogens is 1. The summed E-state index contributed by atoms with van der Waals surface area (Å²) < 4.78 is 39.0. The van der Waals surface area contributed by atoms with Crippen molar-refractivity contribution in [1.29, 1.82) is 5.26 Å². The van der Waals surface area contributed by atoms with Crippen molar-refractivity contribution in [2.75, 3.05) is 6.61 Å². The van der Waals surface area contributed by atoms with Gasteiger partial charge < -0.3 is 5.11 Å². The zero-order valence-electron chi connectivity index (χ0n) is 13.0. The molecule has 1 saturated carbocycles. The van der Waals surface area contributed by atoms with Crippen LogP contribution in [-0.4, -0.2) is 25.4 Å². The van der Waals surface area contributed by atoms with Crippen LogP contribution in [0.1, 0.15) is 17.0 Å². The molecule has 0 saturated heterocycles. The molecule has 0 bridgehead atoms. The van der Waals surface area contributed by atoms with E-state index >= 15 is 0 Å². The Morgan fingerprint density at radius 1 is 1.17 bits per heavy atom. The summed E-state index contributed by atoms with van der Waals surface area (Å²) in [5.41, 5.74) is 0.0582. The molecule has 1 aliphatic carbocycles. The SMILES string of the molecule is Cc1ccc(S(=O)(=O)[C@@H]2[C@@H](c3ccc(F)cc3)[C@@]2(C#N)CO)cc1. The molecular weight excluding hydrogens is 329 g/mol. The predicted molar refractivity (Wildman–Crippen MR) is 86.4 cm³/mol. The van der Waals surface area contributed by atoms with E-state index in [1.807, 2.05) is 13.0 Å². The van der Waals surface area contributed by atoms with Crippen molar-refractivity contribution < 1.29 is 17.9 Å². The summed E-state index contributed by atoms with van der Waals surface area (Å²) in [5, 5.41) is 18.2. The number of aryl methyl sites for hydroxylation is 1. The van der Waals surface area contributed by atoms with E-state index in [-0.39, 0.29) is 4.90 Å². The van der Waals surface area contributed by atoms with Crippen LogP contribution in [0.3, 0.4) is 0 Å². The largest absolute Gasteiger partial charge is 0.395 e. The molecule has 2 aromatic rings. The molecule has 6 heteroatoms. The minimum Gasteiger partial charge on any atom is -0.395 e. The predicted octanol–water partition coefficient (Wildman–Crippen LogP) is 2.58. The average molecular weight is 345 g/mol. The molecule has 3 atom stereocenters. The molecular formula is C18H16FNO3S. The summed E-state index contributed by atoms with van der Waals surface area (Å²) in [6, 6.07) is 13.7. The van der Waals surface area contributed by atoms with Gasteiger partial charge in [0.25, 0.3) is 0 Å². The quantitative estimate of drug-likeness (QED) is 0.924. The number of benzene rings is 2. The van der Waals surface area contributed by atoms with E-state index in [2.05, 4.69) is 0 Å². The van der Waals surface area contributed by atoms with Gasteiger partial charge in [-0.05, 0) is 36.8 Å². The molecule has 0 heterocycles. The standard InChI is InChI=1S/C18H16FNO3S/c1-12-2-8-15(9-3-12)24(22,23)17-16(18(17,10-20)11-21)13-4-6-14(19)7-5-13/h2-9,16-17,21H,11H2,1H3/t16-,17-,18-/m1/s1. The molecule has 1 fully saturated rings. The van der Waals surface area contributed by atoms with E-state index in [9.17, 15) is 23.2 Å². The molecule has 0 unspecified atom stereocenters. The van der Waals surface area contributed by atoms with Crippen LogP contribution in [-0.2, 0) is 9.84 Å². The number of rotatable bonds is 4. The van der Waals surface area contributed by atoms with Crippen LogP contribution in [0, 0.1) is 29.5 Å². The molecule has 1 aliphatic rings. The van der Waals surface area contributed by atoms with Crippen LogP contribution in [0.15, 0.2) is 53.4 Å². The number of sulfone groups is 1. The minimum atomic E-state index is -3.80. The highest BCUT2D eigenvalue weighted by molar-refractivity contribution is 7.92. The van der Waals surface area contributed by atoms with Crippen LogP contribution in [0.25, 0.3) is 0 Å². The first kappa shape index (κ1) is 16.6. The lowest BCUT2D eigenvalue weighted by Crippen LogP contribution is -2.18. The maximum atomic E-state index is 13.1. The molecule has 0 amide bonds. The monoisotopic (exact) mass is 345 g/mol. The van der Waals surface area contributed by atoms with E-state index in [1.54, 1.807) is 12.1 Å². The fourth-order valence-corrected chi connectivity index (χ4v) is 5.55. The third-order valence-electron chi connectivity index (χ3n) is 4.64. The summed E-state index contributed by atoms with van der Waals surface area (Å²) in [6.45, 7) is 1.28. The Labute approximate surface area is 140 Å². The van der Waals surface area contributed by atoms with Crippen LogP contribution in [0.5, 0.6) is 0 Å². The van der Waals surface area contributed by atoms with Crippen molar-refractivity contribution in [2.24, 2.45) is 5.41 Å². The maximum Gasteiger partial charge on any atom is 0.183 e. The van der Waals surface area contributed by atoms with Gasteiger partial charge in [0, 0.05) is 5.92 Å². The van der Waals surface area contributed by atoms with Crippen molar-refractivity contribution in [3.63, 3.8) is 0 Å². The lowest BCUT2D eigenvalue weighted by Gasteiger charge is -2.06. The molecule has 24 heavy (non-hydrogen) atoms. The van der Waals surface area contributed by atoms with Gasteiger partial charge >= 0.3 is 0 Å². The number of nitriles is 1. The second kappa shape index (κ2) is 5.69. The number of hydrogen-bond donors (Lipinski definition) is 1. The number of hydrogen-bond acceptors (Lipinski definition) is 4. The zero-order valence-corrected chi connectivity index (χ0v) is 13.8. The second-order valence-corrected chi connectivity index (χ2v) is 8.19. The van der Waals surface area contributed by atoms with Gasteiger partial charge in [-0.2, -0.15) is 5.26 Å². The smallest absolute Gasteiger partial charge is 0.183 e. The van der Waals surface area contributed by atoms with E-state index in [0.29, 0.717) is 5.56 Å². The Hall–Kier alpha value is -2.23. The van der Waals surface area contributed by atoms with Gasteiger partial charge in [0.05, 0.1) is 22.8 Å². The van der Waals surface area contributed by atoms with E-state index in [4.69, 9.17) is 0 Å². The van der Waals surface area contributed by atoms with Crippen molar-refractivity contribution in [3.05, 3.63) is 65.5 Å². The summed E-state index contributed by atoms with van der Waals surface area (Å²) in [6.07, 6.45) is 0. The number of aliphatic hydroxyl groups excluding tert-OH is 1. The number of nitrogens with zero attached hydrogens (tertiary/aromatic N) is 1. The van der Waals surface area contributed by atoms with Crippen LogP contribution < -0.4 is 0 Å². The highest BCUT2D eigenvalue weighted by atomic mass is 32.2. The first-order chi connectivity index (χ1) is 11.4. The van der Waals surface area contributed by atoms with Gasteiger partial charge in [0.2, 0.25) is 0 Å². The highest BCUT2D eigenvalue weighted by Gasteiger charge is 2.72. The first-order valence-electron chi connectivity index (χ1n) is 7.45. The highest BCUT2D eigenvalue weighted by Crippen LogP contribution is 2.63. The summed E-state index contributed by atoms with van der Waals surface area (Å²) in [4.78, 5) is 0.121. The Bertz CT molecular complexity index is 901. The third-order valence-corrected chi connectivity index (χ3v) is 6.93. The Kier molecular flexibility index (Phi) is 3.94. The van der Waals surface area contributed by atoms with E-state index in [1.165, 1.54) is 36.4 Å². The van der Waals surface area contributed by atoms with Crippen molar-refractivity contribution in [2.45, 2.75) is 23.0 Å². The van der Waals surface area contributed by atoms with Crippen LogP contribution in [0.2, 0.25) is 0 Å². The molecule has 3 rings (SSSR count). The fourth-order valence-electron chi connectivity index (χ4n) is 3.23. The van der Waals surface area contributed by atoms with Crippen molar-refractivity contribution in [1.82, 2.24) is 0 Å². The fraction of sp³-hybridized carbons (Fsp3) is 0.278. The summed E-state index contributed by atoms with van der Waals surface area (Å²) in [5.74, 6) is -1.12.